The third kappa shape index (κ3) is 15.9. The van der Waals surface area contributed by atoms with Crippen LogP contribution in [-0.4, -0.2) is 0 Å². The summed E-state index contributed by atoms with van der Waals surface area (Å²) in [5.74, 6) is 2.17. The summed E-state index contributed by atoms with van der Waals surface area (Å²) in [6, 6.07) is 0. The van der Waals surface area contributed by atoms with E-state index in [9.17, 15) is 0 Å². The normalized spacial score (nSPS) is 19.9. The lowest BCUT2D eigenvalue weighted by Gasteiger charge is -2.28. The second kappa shape index (κ2) is 20.3. The Morgan fingerprint density at radius 1 is 0.357 bits per heavy atom. The van der Waals surface area contributed by atoms with Crippen LogP contribution in [0.25, 0.3) is 0 Å². The molecule has 0 aromatic carbocycles. The fourth-order valence-corrected chi connectivity index (χ4v) is 5.30. The summed E-state index contributed by atoms with van der Waals surface area (Å²) in [4.78, 5) is 0. The largest absolute Gasteiger partial charge is 0.0654 e. The van der Waals surface area contributed by atoms with E-state index in [2.05, 4.69) is 13.8 Å². The van der Waals surface area contributed by atoms with Crippen molar-refractivity contribution in [2.24, 2.45) is 11.8 Å². The summed E-state index contributed by atoms with van der Waals surface area (Å²) in [7, 11) is 0. The predicted octanol–water partition coefficient (Wildman–Crippen LogP) is 10.6. The molecule has 1 aliphatic carbocycles. The van der Waals surface area contributed by atoms with Crippen molar-refractivity contribution in [3.8, 4) is 0 Å². The lowest BCUT2D eigenvalue weighted by atomic mass is 9.78. The van der Waals surface area contributed by atoms with E-state index in [1.165, 1.54) is 116 Å². The first-order valence-corrected chi connectivity index (χ1v) is 13.9. The van der Waals surface area contributed by atoms with Crippen molar-refractivity contribution in [3.63, 3.8) is 0 Å². The van der Waals surface area contributed by atoms with Gasteiger partial charge in [0.15, 0.2) is 0 Å². The van der Waals surface area contributed by atoms with Gasteiger partial charge in [0.25, 0.3) is 0 Å². The SMILES string of the molecule is CCCCCCCCCCCC1CCC(CCCCCCCCCCC)CC1. The average molecular weight is 393 g/mol. The Balaban J connectivity index is 1.81. The van der Waals surface area contributed by atoms with Crippen molar-refractivity contribution >= 4 is 0 Å². The third-order valence-corrected chi connectivity index (χ3v) is 7.40. The molecule has 28 heavy (non-hydrogen) atoms. The number of rotatable bonds is 20. The number of hydrogen-bond donors (Lipinski definition) is 0. The Morgan fingerprint density at radius 2 is 0.607 bits per heavy atom. The van der Waals surface area contributed by atoms with Crippen molar-refractivity contribution in [1.82, 2.24) is 0 Å². The summed E-state index contributed by atoms with van der Waals surface area (Å²) >= 11 is 0. The fourth-order valence-electron chi connectivity index (χ4n) is 5.30. The van der Waals surface area contributed by atoms with Gasteiger partial charge in [0.05, 0.1) is 0 Å². The van der Waals surface area contributed by atoms with E-state index in [1.54, 1.807) is 38.5 Å². The van der Waals surface area contributed by atoms with Gasteiger partial charge in [-0.25, -0.2) is 0 Å². The van der Waals surface area contributed by atoms with Crippen LogP contribution in [0.5, 0.6) is 0 Å². The molecule has 0 unspecified atom stereocenters. The van der Waals surface area contributed by atoms with Crippen LogP contribution in [0.3, 0.4) is 0 Å². The summed E-state index contributed by atoms with van der Waals surface area (Å²) in [6.07, 6.45) is 35.9. The van der Waals surface area contributed by atoms with Crippen molar-refractivity contribution in [2.75, 3.05) is 0 Å². The third-order valence-electron chi connectivity index (χ3n) is 7.40. The molecule has 0 spiro atoms. The highest BCUT2D eigenvalue weighted by Gasteiger charge is 2.20. The molecule has 168 valence electrons. The van der Waals surface area contributed by atoms with E-state index in [0.29, 0.717) is 0 Å². The molecule has 0 N–H and O–H groups in total. The Hall–Kier alpha value is 0. The van der Waals surface area contributed by atoms with Crippen LogP contribution in [0.1, 0.15) is 168 Å². The Labute approximate surface area is 180 Å². The molecule has 1 saturated carbocycles. The highest BCUT2D eigenvalue weighted by atomic mass is 14.3. The number of unbranched alkanes of at least 4 members (excludes halogenated alkanes) is 16. The summed E-state index contributed by atoms with van der Waals surface area (Å²) in [6.45, 7) is 4.62. The predicted molar refractivity (Wildman–Crippen MR) is 129 cm³/mol. The average Bonchev–Trinajstić information content (AvgIpc) is 2.72. The van der Waals surface area contributed by atoms with Gasteiger partial charge in [-0.2, -0.15) is 0 Å². The van der Waals surface area contributed by atoms with Crippen LogP contribution in [0.15, 0.2) is 0 Å². The molecular weight excluding hydrogens is 336 g/mol. The molecule has 0 heteroatoms. The molecule has 0 bridgehead atoms. The summed E-state index contributed by atoms with van der Waals surface area (Å²) in [5.41, 5.74) is 0. The second-order valence-electron chi connectivity index (χ2n) is 10.1. The van der Waals surface area contributed by atoms with Gasteiger partial charge in [0.1, 0.15) is 0 Å². The molecule has 1 fully saturated rings. The standard InChI is InChI=1S/C28H56/c1-3-5-7-9-11-13-15-17-19-21-27-23-25-28(26-24-27)22-20-18-16-14-12-10-8-6-4-2/h27-28H,3-26H2,1-2H3. The van der Waals surface area contributed by atoms with Gasteiger partial charge < -0.3 is 0 Å². The number of hydrogen-bond acceptors (Lipinski definition) is 0. The zero-order chi connectivity index (χ0) is 20.1. The Kier molecular flexibility index (Phi) is 18.9. The Morgan fingerprint density at radius 3 is 0.893 bits per heavy atom. The lowest BCUT2D eigenvalue weighted by Crippen LogP contribution is -2.14. The highest BCUT2D eigenvalue weighted by molar-refractivity contribution is 4.73. The molecule has 0 radical (unpaired) electrons. The van der Waals surface area contributed by atoms with Crippen molar-refractivity contribution in [3.05, 3.63) is 0 Å². The van der Waals surface area contributed by atoms with E-state index in [-0.39, 0.29) is 0 Å². The van der Waals surface area contributed by atoms with Gasteiger partial charge in [0, 0.05) is 0 Å². The zero-order valence-corrected chi connectivity index (χ0v) is 20.1. The van der Waals surface area contributed by atoms with Crippen LogP contribution < -0.4 is 0 Å². The topological polar surface area (TPSA) is 0 Å². The first-order valence-electron chi connectivity index (χ1n) is 13.9. The molecule has 0 aliphatic heterocycles. The van der Waals surface area contributed by atoms with Gasteiger partial charge in [-0.15, -0.1) is 0 Å². The first-order chi connectivity index (χ1) is 13.9. The first kappa shape index (κ1) is 26.0. The molecule has 0 atom stereocenters. The molecule has 0 saturated heterocycles. The second-order valence-corrected chi connectivity index (χ2v) is 10.1. The fraction of sp³-hybridized carbons (Fsp3) is 1.00. The maximum Gasteiger partial charge on any atom is -0.0414 e. The minimum absolute atomic E-state index is 1.09. The van der Waals surface area contributed by atoms with E-state index in [1.807, 2.05) is 0 Å². The van der Waals surface area contributed by atoms with E-state index in [4.69, 9.17) is 0 Å². The van der Waals surface area contributed by atoms with Crippen molar-refractivity contribution < 1.29 is 0 Å². The van der Waals surface area contributed by atoms with Crippen LogP contribution in [0.4, 0.5) is 0 Å². The van der Waals surface area contributed by atoms with Gasteiger partial charge in [-0.1, -0.05) is 168 Å². The molecule has 1 aliphatic rings. The van der Waals surface area contributed by atoms with E-state index >= 15 is 0 Å². The van der Waals surface area contributed by atoms with Gasteiger partial charge in [-0.3, -0.25) is 0 Å². The van der Waals surface area contributed by atoms with Crippen LogP contribution in [-0.2, 0) is 0 Å². The summed E-state index contributed by atoms with van der Waals surface area (Å²) < 4.78 is 0. The van der Waals surface area contributed by atoms with E-state index in [0.717, 1.165) is 11.8 Å². The molecular formula is C28H56. The molecule has 0 aromatic rings. The molecule has 0 amide bonds. The summed E-state index contributed by atoms with van der Waals surface area (Å²) in [5, 5.41) is 0. The van der Waals surface area contributed by atoms with Gasteiger partial charge in [-0.05, 0) is 11.8 Å². The van der Waals surface area contributed by atoms with E-state index < -0.39 is 0 Å². The Bertz CT molecular complexity index is 256. The maximum atomic E-state index is 2.31. The molecule has 0 nitrogen and oxygen atoms in total. The smallest absolute Gasteiger partial charge is 0.0414 e. The van der Waals surface area contributed by atoms with Crippen LogP contribution in [0, 0.1) is 11.8 Å². The van der Waals surface area contributed by atoms with Gasteiger partial charge >= 0.3 is 0 Å². The highest BCUT2D eigenvalue weighted by Crippen LogP contribution is 2.34. The van der Waals surface area contributed by atoms with Crippen LogP contribution in [0.2, 0.25) is 0 Å². The zero-order valence-electron chi connectivity index (χ0n) is 20.1. The molecule has 1 rings (SSSR count). The quantitative estimate of drug-likeness (QED) is 0.181. The molecule has 0 heterocycles. The monoisotopic (exact) mass is 392 g/mol. The van der Waals surface area contributed by atoms with Crippen molar-refractivity contribution in [2.45, 2.75) is 168 Å². The van der Waals surface area contributed by atoms with Crippen molar-refractivity contribution in [1.29, 1.82) is 0 Å². The minimum Gasteiger partial charge on any atom is -0.0654 e. The minimum atomic E-state index is 1.09. The molecule has 0 aromatic heterocycles. The maximum absolute atomic E-state index is 2.31. The van der Waals surface area contributed by atoms with Gasteiger partial charge in [0.2, 0.25) is 0 Å². The lowest BCUT2D eigenvalue weighted by molar-refractivity contribution is 0.244. The van der Waals surface area contributed by atoms with Crippen LogP contribution >= 0.6 is 0 Å².